The normalized spacial score (nSPS) is 20.5. The zero-order valence-corrected chi connectivity index (χ0v) is 22.5. The topological polar surface area (TPSA) is 159 Å². The molecule has 0 unspecified atom stereocenters. The van der Waals surface area contributed by atoms with Gasteiger partial charge in [0.15, 0.2) is 29.2 Å². The maximum Gasteiger partial charge on any atom is 0.320 e. The van der Waals surface area contributed by atoms with Gasteiger partial charge in [-0.2, -0.15) is 9.97 Å². The van der Waals surface area contributed by atoms with Crippen molar-refractivity contribution in [2.75, 3.05) is 13.2 Å². The summed E-state index contributed by atoms with van der Waals surface area (Å²) < 4.78 is 31.3. The molecule has 1 aromatic carbocycles. The van der Waals surface area contributed by atoms with Gasteiger partial charge < -0.3 is 28.3 Å². The van der Waals surface area contributed by atoms with Crippen LogP contribution in [0, 0.1) is 0 Å². The lowest BCUT2D eigenvalue weighted by Gasteiger charge is -2.23. The van der Waals surface area contributed by atoms with Gasteiger partial charge in [-0.3, -0.25) is 19.0 Å². The summed E-state index contributed by atoms with van der Waals surface area (Å²) in [5.41, 5.74) is 2.29. The van der Waals surface area contributed by atoms with Gasteiger partial charge in [-0.05, 0) is 12.1 Å². The number of aromatic nitrogens is 6. The summed E-state index contributed by atoms with van der Waals surface area (Å²) in [5.74, 6) is -1.84. The first-order valence-corrected chi connectivity index (χ1v) is 12.6. The highest BCUT2D eigenvalue weighted by Crippen LogP contribution is 2.36. The van der Waals surface area contributed by atoms with E-state index in [4.69, 9.17) is 35.3 Å². The number of fused-ring (bicyclic) bond motifs is 2. The van der Waals surface area contributed by atoms with Gasteiger partial charge >= 0.3 is 23.9 Å². The molecule has 0 aliphatic carbocycles. The fourth-order valence-corrected chi connectivity index (χ4v) is 4.66. The Morgan fingerprint density at radius 1 is 0.975 bits per heavy atom. The summed E-state index contributed by atoms with van der Waals surface area (Å²) in [6.07, 6.45) is -1.11. The van der Waals surface area contributed by atoms with Crippen LogP contribution in [-0.4, -0.2) is 78.5 Å². The van der Waals surface area contributed by atoms with Crippen LogP contribution in [-0.2, 0) is 39.9 Å². The average molecular weight is 573 g/mol. The van der Waals surface area contributed by atoms with Crippen molar-refractivity contribution in [2.24, 2.45) is 0 Å². The van der Waals surface area contributed by atoms with Gasteiger partial charge in [0, 0.05) is 20.8 Å². The molecule has 1 aliphatic rings. The molecule has 4 heterocycles. The summed E-state index contributed by atoms with van der Waals surface area (Å²) >= 11 is 6.40. The largest absolute Gasteiger partial charge is 0.463 e. The number of nitrogens with zero attached hydrogens (tertiary/aromatic N) is 6. The third-order valence-corrected chi connectivity index (χ3v) is 6.33. The number of rotatable bonds is 9. The molecule has 15 heteroatoms. The molecule has 3 aromatic heterocycles. The molecule has 4 atom stereocenters. The standard InChI is InChI=1S/C25H25ClN6O8/c1-13(33)37-10-18-20(38-14(2)34)21(39-15(3)35)24(40-18)32-12-28-19-22(26)29-25(30-23(19)32)36-9-8-31-11-27-16-6-4-5-7-17(16)31/h4-7,11-12,18,20-21,24H,8-10H2,1-3H3/t18-,20-,21-,24-/m1/s1. The molecule has 1 fully saturated rings. The van der Waals surface area contributed by atoms with E-state index < -0.39 is 42.4 Å². The van der Waals surface area contributed by atoms with E-state index in [0.717, 1.165) is 11.0 Å². The maximum atomic E-state index is 12.0. The monoisotopic (exact) mass is 572 g/mol. The first kappa shape index (κ1) is 27.3. The van der Waals surface area contributed by atoms with Gasteiger partial charge in [0.2, 0.25) is 0 Å². The predicted octanol–water partition coefficient (Wildman–Crippen LogP) is 2.23. The second-order valence-corrected chi connectivity index (χ2v) is 9.27. The highest BCUT2D eigenvalue weighted by molar-refractivity contribution is 6.33. The quantitative estimate of drug-likeness (QED) is 0.164. The van der Waals surface area contributed by atoms with E-state index in [2.05, 4.69) is 19.9 Å². The average Bonchev–Trinajstić information content (AvgIpc) is 3.59. The van der Waals surface area contributed by atoms with Crippen LogP contribution in [0.2, 0.25) is 5.15 Å². The second kappa shape index (κ2) is 11.4. The number of esters is 3. The minimum atomic E-state index is -1.12. The van der Waals surface area contributed by atoms with Gasteiger partial charge in [0.1, 0.15) is 24.8 Å². The van der Waals surface area contributed by atoms with Crippen molar-refractivity contribution in [1.82, 2.24) is 29.1 Å². The van der Waals surface area contributed by atoms with Crippen LogP contribution < -0.4 is 4.74 Å². The summed E-state index contributed by atoms with van der Waals surface area (Å²) in [7, 11) is 0. The molecule has 0 radical (unpaired) electrons. The molecular formula is C25H25ClN6O8. The molecule has 5 rings (SSSR count). The number of benzene rings is 1. The summed E-state index contributed by atoms with van der Waals surface area (Å²) in [5, 5.41) is 0.0295. The lowest BCUT2D eigenvalue weighted by Crippen LogP contribution is -2.40. The van der Waals surface area contributed by atoms with E-state index in [0.29, 0.717) is 6.54 Å². The fourth-order valence-electron chi connectivity index (χ4n) is 4.45. The number of ether oxygens (including phenoxy) is 5. The Labute approximate surface area is 232 Å². The van der Waals surface area contributed by atoms with Crippen molar-refractivity contribution in [2.45, 2.75) is 51.9 Å². The summed E-state index contributed by atoms with van der Waals surface area (Å²) in [4.78, 5) is 52.6. The maximum absolute atomic E-state index is 12.0. The molecule has 0 amide bonds. The molecule has 40 heavy (non-hydrogen) atoms. The SMILES string of the molecule is CC(=O)OC[C@H]1O[C@@H](n2cnc3c(Cl)nc(OCCn4cnc5ccccc54)nc32)[C@H](OC(C)=O)[C@@H]1OC(C)=O. The van der Waals surface area contributed by atoms with Gasteiger partial charge in [-0.1, -0.05) is 23.7 Å². The van der Waals surface area contributed by atoms with Crippen molar-refractivity contribution < 1.29 is 38.1 Å². The van der Waals surface area contributed by atoms with Crippen LogP contribution in [0.25, 0.3) is 22.2 Å². The zero-order chi connectivity index (χ0) is 28.4. The van der Waals surface area contributed by atoms with Crippen LogP contribution in [0.4, 0.5) is 0 Å². The van der Waals surface area contributed by atoms with Crippen molar-refractivity contribution >= 4 is 51.7 Å². The number of halogens is 1. The van der Waals surface area contributed by atoms with Crippen molar-refractivity contribution in [3.63, 3.8) is 0 Å². The van der Waals surface area contributed by atoms with E-state index in [9.17, 15) is 14.4 Å². The molecule has 4 aromatic rings. The van der Waals surface area contributed by atoms with Gasteiger partial charge in [-0.25, -0.2) is 9.97 Å². The van der Waals surface area contributed by atoms with Crippen LogP contribution in [0.3, 0.4) is 0 Å². The van der Waals surface area contributed by atoms with Gasteiger partial charge in [0.05, 0.1) is 30.2 Å². The van der Waals surface area contributed by atoms with E-state index >= 15 is 0 Å². The van der Waals surface area contributed by atoms with E-state index in [1.54, 1.807) is 6.33 Å². The van der Waals surface area contributed by atoms with E-state index in [-0.39, 0.29) is 35.5 Å². The lowest BCUT2D eigenvalue weighted by molar-refractivity contribution is -0.166. The third-order valence-electron chi connectivity index (χ3n) is 6.06. The zero-order valence-electron chi connectivity index (χ0n) is 21.7. The minimum absolute atomic E-state index is 0.0151. The van der Waals surface area contributed by atoms with Crippen LogP contribution in [0.15, 0.2) is 36.9 Å². The Hall–Kier alpha value is -4.30. The molecular weight excluding hydrogens is 548 g/mol. The Bertz CT molecular complexity index is 1570. The van der Waals surface area contributed by atoms with Crippen molar-refractivity contribution in [1.29, 1.82) is 0 Å². The second-order valence-electron chi connectivity index (χ2n) is 8.91. The third kappa shape index (κ3) is 5.67. The van der Waals surface area contributed by atoms with Crippen molar-refractivity contribution in [3.8, 4) is 6.01 Å². The van der Waals surface area contributed by atoms with Crippen LogP contribution in [0.5, 0.6) is 6.01 Å². The Morgan fingerprint density at radius 2 is 1.73 bits per heavy atom. The van der Waals surface area contributed by atoms with Crippen molar-refractivity contribution in [3.05, 3.63) is 42.1 Å². The van der Waals surface area contributed by atoms with Crippen LogP contribution >= 0.6 is 11.6 Å². The fraction of sp³-hybridized carbons (Fsp3) is 0.400. The number of imidazole rings is 2. The van der Waals surface area contributed by atoms with Gasteiger partial charge in [-0.15, -0.1) is 0 Å². The highest BCUT2D eigenvalue weighted by Gasteiger charge is 2.51. The predicted molar refractivity (Wildman–Crippen MR) is 137 cm³/mol. The minimum Gasteiger partial charge on any atom is -0.463 e. The molecule has 0 saturated carbocycles. The summed E-state index contributed by atoms with van der Waals surface area (Å²) in [6.45, 7) is 4.09. The number of carbonyl (C=O) groups excluding carboxylic acids is 3. The molecule has 210 valence electrons. The van der Waals surface area contributed by atoms with Gasteiger partial charge in [0.25, 0.3) is 0 Å². The smallest absolute Gasteiger partial charge is 0.320 e. The first-order chi connectivity index (χ1) is 19.2. The van der Waals surface area contributed by atoms with E-state index in [1.165, 1.54) is 31.7 Å². The molecule has 0 spiro atoms. The Balaban J connectivity index is 1.42. The van der Waals surface area contributed by atoms with E-state index in [1.807, 2.05) is 28.8 Å². The number of carbonyl (C=O) groups is 3. The number of para-hydroxylation sites is 2. The lowest BCUT2D eigenvalue weighted by atomic mass is 10.1. The first-order valence-electron chi connectivity index (χ1n) is 12.3. The molecule has 14 nitrogen and oxygen atoms in total. The number of hydrogen-bond acceptors (Lipinski definition) is 12. The molecule has 1 aliphatic heterocycles. The summed E-state index contributed by atoms with van der Waals surface area (Å²) in [6, 6.07) is 7.70. The Kier molecular flexibility index (Phi) is 7.80. The Morgan fingerprint density at radius 3 is 2.48 bits per heavy atom. The number of hydrogen-bond donors (Lipinski definition) is 0. The van der Waals surface area contributed by atoms with Crippen LogP contribution in [0.1, 0.15) is 27.0 Å². The highest BCUT2D eigenvalue weighted by atomic mass is 35.5. The molecule has 1 saturated heterocycles. The molecule has 0 bridgehead atoms. The molecule has 0 N–H and O–H groups in total.